The van der Waals surface area contributed by atoms with E-state index in [1.54, 1.807) is 18.5 Å². The van der Waals surface area contributed by atoms with Crippen LogP contribution in [0, 0.1) is 0 Å². The van der Waals surface area contributed by atoms with Gasteiger partial charge in [0.1, 0.15) is 0 Å². The predicted molar refractivity (Wildman–Crippen MR) is 90.2 cm³/mol. The van der Waals surface area contributed by atoms with Crippen molar-refractivity contribution in [2.75, 3.05) is 0 Å². The van der Waals surface area contributed by atoms with Crippen LogP contribution in [0.15, 0.2) is 73.1 Å². The van der Waals surface area contributed by atoms with Crippen LogP contribution >= 0.6 is 0 Å². The van der Waals surface area contributed by atoms with Gasteiger partial charge in [-0.25, -0.2) is 9.97 Å². The van der Waals surface area contributed by atoms with Gasteiger partial charge in [0.15, 0.2) is 0 Å². The van der Waals surface area contributed by atoms with Crippen molar-refractivity contribution >= 4 is 10.9 Å². The summed E-state index contributed by atoms with van der Waals surface area (Å²) < 4.78 is 1.93. The largest absolute Gasteiger partial charge is 0.390 e. The van der Waals surface area contributed by atoms with E-state index in [4.69, 9.17) is 0 Å². The average Bonchev–Trinajstić information content (AvgIpc) is 2.97. The summed E-state index contributed by atoms with van der Waals surface area (Å²) >= 11 is 0. The minimum Gasteiger partial charge on any atom is -0.390 e. The molecule has 0 fully saturated rings. The molecule has 0 spiro atoms. The number of nitrogens with zero attached hydrogens (tertiary/aromatic N) is 3. The highest BCUT2D eigenvalue weighted by Crippen LogP contribution is 2.36. The molecule has 112 valence electrons. The first-order valence-electron chi connectivity index (χ1n) is 7.46. The molecule has 0 atom stereocenters. The van der Waals surface area contributed by atoms with E-state index in [1.165, 1.54) is 0 Å². The molecule has 0 amide bonds. The first-order chi connectivity index (χ1) is 11.4. The van der Waals surface area contributed by atoms with E-state index in [1.807, 2.05) is 41.0 Å². The van der Waals surface area contributed by atoms with Crippen molar-refractivity contribution in [3.8, 4) is 17.1 Å². The lowest BCUT2D eigenvalue weighted by Gasteiger charge is -2.08. The summed E-state index contributed by atoms with van der Waals surface area (Å²) in [6, 6.07) is 20.0. The molecule has 4 aromatic rings. The highest BCUT2D eigenvalue weighted by Gasteiger charge is 2.19. The molecule has 4 nitrogen and oxygen atoms in total. The van der Waals surface area contributed by atoms with E-state index in [-0.39, 0.29) is 6.61 Å². The van der Waals surface area contributed by atoms with Gasteiger partial charge in [0.05, 0.1) is 17.8 Å². The van der Waals surface area contributed by atoms with Crippen molar-refractivity contribution in [2.45, 2.75) is 6.61 Å². The molecule has 2 aromatic carbocycles. The first kappa shape index (κ1) is 13.7. The summed E-state index contributed by atoms with van der Waals surface area (Å²) in [6.07, 6.45) is 3.42. The lowest BCUT2D eigenvalue weighted by atomic mass is 10.0. The number of fused-ring (bicyclic) bond motifs is 1. The van der Waals surface area contributed by atoms with Crippen LogP contribution in [0.1, 0.15) is 5.69 Å². The van der Waals surface area contributed by atoms with Gasteiger partial charge in [0.2, 0.25) is 5.95 Å². The van der Waals surface area contributed by atoms with Crippen LogP contribution in [0.3, 0.4) is 0 Å². The van der Waals surface area contributed by atoms with Gasteiger partial charge in [0.25, 0.3) is 0 Å². The van der Waals surface area contributed by atoms with Gasteiger partial charge in [-0.05, 0) is 17.7 Å². The second kappa shape index (κ2) is 5.66. The molecule has 1 N–H and O–H groups in total. The zero-order chi connectivity index (χ0) is 15.6. The molecule has 0 unspecified atom stereocenters. The highest BCUT2D eigenvalue weighted by atomic mass is 16.3. The maximum atomic E-state index is 10.0. The molecule has 0 saturated heterocycles. The fraction of sp³-hybridized carbons (Fsp3) is 0.0526. The smallest absolute Gasteiger partial charge is 0.234 e. The summed E-state index contributed by atoms with van der Waals surface area (Å²) in [4.78, 5) is 8.71. The molecule has 23 heavy (non-hydrogen) atoms. The number of aliphatic hydroxyl groups excluding tert-OH is 1. The molecule has 4 rings (SSSR count). The third kappa shape index (κ3) is 2.20. The number of rotatable bonds is 3. The standard InChI is InChI=1S/C19H15N3O/c23-13-17-18(14-7-2-1-3-8-14)15-9-4-5-10-16(15)22(17)19-20-11-6-12-21-19/h1-12,23H,13H2. The van der Waals surface area contributed by atoms with E-state index >= 15 is 0 Å². The summed E-state index contributed by atoms with van der Waals surface area (Å²) in [6.45, 7) is -0.0861. The average molecular weight is 301 g/mol. The Morgan fingerprint density at radius 1 is 0.826 bits per heavy atom. The molecule has 0 bridgehead atoms. The van der Waals surface area contributed by atoms with Crippen molar-refractivity contribution < 1.29 is 5.11 Å². The minimum absolute atomic E-state index is 0.0861. The fourth-order valence-electron chi connectivity index (χ4n) is 3.00. The molecule has 0 radical (unpaired) electrons. The van der Waals surface area contributed by atoms with Crippen LogP contribution < -0.4 is 0 Å². The predicted octanol–water partition coefficient (Wildman–Crippen LogP) is 3.58. The van der Waals surface area contributed by atoms with Crippen LogP contribution in [0.25, 0.3) is 28.0 Å². The Labute approximate surface area is 133 Å². The zero-order valence-corrected chi connectivity index (χ0v) is 12.4. The molecule has 0 saturated carbocycles. The Kier molecular flexibility index (Phi) is 3.37. The highest BCUT2D eigenvalue weighted by molar-refractivity contribution is 5.99. The maximum absolute atomic E-state index is 10.0. The second-order valence-corrected chi connectivity index (χ2v) is 5.25. The molecule has 4 heteroatoms. The normalized spacial score (nSPS) is 11.0. The Hall–Kier alpha value is -2.98. The molecule has 2 aromatic heterocycles. The first-order valence-corrected chi connectivity index (χ1v) is 7.46. The Balaban J connectivity index is 2.12. The van der Waals surface area contributed by atoms with E-state index < -0.39 is 0 Å². The van der Waals surface area contributed by atoms with Crippen molar-refractivity contribution in [1.82, 2.24) is 14.5 Å². The van der Waals surface area contributed by atoms with Crippen LogP contribution in [-0.4, -0.2) is 19.6 Å². The molecular formula is C19H15N3O. The summed E-state index contributed by atoms with van der Waals surface area (Å²) in [5.41, 5.74) is 3.88. The monoisotopic (exact) mass is 301 g/mol. The van der Waals surface area contributed by atoms with Gasteiger partial charge >= 0.3 is 0 Å². The summed E-state index contributed by atoms with van der Waals surface area (Å²) in [7, 11) is 0. The van der Waals surface area contributed by atoms with E-state index in [0.29, 0.717) is 5.95 Å². The van der Waals surface area contributed by atoms with E-state index in [0.717, 1.165) is 27.7 Å². The molecule has 2 heterocycles. The lowest BCUT2D eigenvalue weighted by Crippen LogP contribution is -2.05. The van der Waals surface area contributed by atoms with E-state index in [2.05, 4.69) is 28.2 Å². The number of aromatic nitrogens is 3. The van der Waals surface area contributed by atoms with Crippen molar-refractivity contribution in [3.63, 3.8) is 0 Å². The SMILES string of the molecule is OCc1c(-c2ccccc2)c2ccccc2n1-c1ncccn1. The number of para-hydroxylation sites is 1. The Morgan fingerprint density at radius 3 is 2.26 bits per heavy atom. The molecule has 0 aliphatic heterocycles. The van der Waals surface area contributed by atoms with Crippen LogP contribution in [-0.2, 0) is 6.61 Å². The summed E-state index contributed by atoms with van der Waals surface area (Å²) in [5, 5.41) is 11.1. The Bertz CT molecular complexity index is 870. The third-order valence-electron chi connectivity index (χ3n) is 3.94. The second-order valence-electron chi connectivity index (χ2n) is 5.25. The van der Waals surface area contributed by atoms with Gasteiger partial charge in [-0.3, -0.25) is 4.57 Å². The van der Waals surface area contributed by atoms with Gasteiger partial charge in [-0.15, -0.1) is 0 Å². The van der Waals surface area contributed by atoms with Crippen molar-refractivity contribution in [1.29, 1.82) is 0 Å². The summed E-state index contributed by atoms with van der Waals surface area (Å²) in [5.74, 6) is 0.565. The topological polar surface area (TPSA) is 50.9 Å². The maximum Gasteiger partial charge on any atom is 0.234 e. The zero-order valence-electron chi connectivity index (χ0n) is 12.4. The van der Waals surface area contributed by atoms with Crippen molar-refractivity contribution in [3.05, 3.63) is 78.8 Å². The third-order valence-corrected chi connectivity index (χ3v) is 3.94. The molecule has 0 aliphatic carbocycles. The number of hydrogen-bond acceptors (Lipinski definition) is 3. The van der Waals surface area contributed by atoms with Gasteiger partial charge in [-0.1, -0.05) is 48.5 Å². The van der Waals surface area contributed by atoms with Gasteiger partial charge in [-0.2, -0.15) is 0 Å². The number of benzene rings is 2. The fourth-order valence-corrected chi connectivity index (χ4v) is 3.00. The van der Waals surface area contributed by atoms with Crippen LogP contribution in [0.4, 0.5) is 0 Å². The quantitative estimate of drug-likeness (QED) is 0.629. The van der Waals surface area contributed by atoms with Gasteiger partial charge in [0, 0.05) is 23.3 Å². The minimum atomic E-state index is -0.0861. The van der Waals surface area contributed by atoms with E-state index in [9.17, 15) is 5.11 Å². The van der Waals surface area contributed by atoms with Crippen molar-refractivity contribution in [2.24, 2.45) is 0 Å². The number of hydrogen-bond donors (Lipinski definition) is 1. The van der Waals surface area contributed by atoms with Crippen LogP contribution in [0.2, 0.25) is 0 Å². The Morgan fingerprint density at radius 2 is 1.52 bits per heavy atom. The molecular weight excluding hydrogens is 286 g/mol. The van der Waals surface area contributed by atoms with Gasteiger partial charge < -0.3 is 5.11 Å². The molecule has 0 aliphatic rings. The lowest BCUT2D eigenvalue weighted by molar-refractivity contribution is 0.275. The number of aliphatic hydroxyl groups is 1. The van der Waals surface area contributed by atoms with Crippen LogP contribution in [0.5, 0.6) is 0 Å².